The predicted octanol–water partition coefficient (Wildman–Crippen LogP) is 5.63. The van der Waals surface area contributed by atoms with Gasteiger partial charge < -0.3 is 18.9 Å². The van der Waals surface area contributed by atoms with Gasteiger partial charge in [-0.05, 0) is 40.6 Å². The van der Waals surface area contributed by atoms with Crippen molar-refractivity contribution < 1.29 is 18.9 Å². The van der Waals surface area contributed by atoms with E-state index in [1.54, 1.807) is 0 Å². The Morgan fingerprint density at radius 1 is 0.571 bits per heavy atom. The smallest absolute Gasteiger partial charge is 0.230 e. The molecule has 136 valence electrons. The molecule has 4 aromatic rings. The summed E-state index contributed by atoms with van der Waals surface area (Å²) in [7, 11) is 0. The number of hydrogen-bond donors (Lipinski definition) is 0. The van der Waals surface area contributed by atoms with Gasteiger partial charge in [0.05, 0.1) is 5.56 Å². The standard InChI is InChI=1S/C24H16O4/c1-2-6-17-15(4-1)5-3-7-18(17)19-10-11-21-23(24(19)28-14-26-21)20-9-8-16-12-22(20)27-13-25-16/h1-12H,13-14H2. The van der Waals surface area contributed by atoms with E-state index in [1.807, 2.05) is 24.3 Å². The number of fused-ring (bicyclic) bond motifs is 5. The summed E-state index contributed by atoms with van der Waals surface area (Å²) in [5.74, 6) is 3.19. The minimum absolute atomic E-state index is 0.199. The van der Waals surface area contributed by atoms with E-state index in [0.29, 0.717) is 0 Å². The summed E-state index contributed by atoms with van der Waals surface area (Å²) in [5, 5.41) is 2.39. The first-order valence-electron chi connectivity index (χ1n) is 9.19. The van der Waals surface area contributed by atoms with E-state index in [-0.39, 0.29) is 13.6 Å². The lowest BCUT2D eigenvalue weighted by atomic mass is 9.92. The van der Waals surface area contributed by atoms with Crippen LogP contribution in [0.4, 0.5) is 0 Å². The first-order valence-corrected chi connectivity index (χ1v) is 9.19. The summed E-state index contributed by atoms with van der Waals surface area (Å²) in [4.78, 5) is 0. The molecule has 0 atom stereocenters. The molecule has 2 aliphatic rings. The monoisotopic (exact) mass is 368 g/mol. The maximum atomic E-state index is 6.04. The third-order valence-electron chi connectivity index (χ3n) is 5.28. The summed E-state index contributed by atoms with van der Waals surface area (Å²) in [6.07, 6.45) is 0. The highest BCUT2D eigenvalue weighted by molar-refractivity contribution is 6.00. The van der Waals surface area contributed by atoms with Gasteiger partial charge in [-0.2, -0.15) is 0 Å². The van der Waals surface area contributed by atoms with E-state index in [2.05, 4.69) is 48.5 Å². The van der Waals surface area contributed by atoms with Gasteiger partial charge in [0.25, 0.3) is 0 Å². The van der Waals surface area contributed by atoms with Crippen molar-refractivity contribution in [2.75, 3.05) is 13.6 Å². The van der Waals surface area contributed by atoms with Crippen LogP contribution in [0.3, 0.4) is 0 Å². The first kappa shape index (κ1) is 15.4. The van der Waals surface area contributed by atoms with Crippen LogP contribution >= 0.6 is 0 Å². The van der Waals surface area contributed by atoms with Gasteiger partial charge in [-0.15, -0.1) is 0 Å². The van der Waals surface area contributed by atoms with Crippen molar-refractivity contribution in [2.45, 2.75) is 0 Å². The molecule has 4 nitrogen and oxygen atoms in total. The van der Waals surface area contributed by atoms with Gasteiger partial charge in [0.1, 0.15) is 23.0 Å². The summed E-state index contributed by atoms with van der Waals surface area (Å²) in [5.41, 5.74) is 4.04. The van der Waals surface area contributed by atoms with Crippen LogP contribution in [-0.2, 0) is 0 Å². The molecule has 0 radical (unpaired) electrons. The molecule has 0 spiro atoms. The maximum Gasteiger partial charge on any atom is 0.230 e. The van der Waals surface area contributed by atoms with E-state index < -0.39 is 0 Å². The highest BCUT2D eigenvalue weighted by Crippen LogP contribution is 2.51. The summed E-state index contributed by atoms with van der Waals surface area (Å²) < 4.78 is 23.0. The molecule has 0 saturated heterocycles. The normalized spacial score (nSPS) is 13.9. The Morgan fingerprint density at radius 2 is 1.39 bits per heavy atom. The molecule has 6 rings (SSSR count). The van der Waals surface area contributed by atoms with Crippen molar-refractivity contribution in [1.29, 1.82) is 0 Å². The van der Waals surface area contributed by atoms with Gasteiger partial charge in [-0.25, -0.2) is 0 Å². The highest BCUT2D eigenvalue weighted by Gasteiger charge is 2.26. The average Bonchev–Trinajstić information content (AvgIpc) is 2.74. The van der Waals surface area contributed by atoms with Gasteiger partial charge in [0.15, 0.2) is 0 Å². The molecule has 0 N–H and O–H groups in total. The molecule has 0 saturated carbocycles. The molecular formula is C24H16O4. The minimum atomic E-state index is 0.199. The summed E-state index contributed by atoms with van der Waals surface area (Å²) >= 11 is 0. The first-order chi connectivity index (χ1) is 13.9. The number of ether oxygens (including phenoxy) is 4. The lowest BCUT2D eigenvalue weighted by molar-refractivity contribution is 0.103. The molecule has 0 fully saturated rings. The van der Waals surface area contributed by atoms with Gasteiger partial charge in [0, 0.05) is 17.2 Å². The Kier molecular flexibility index (Phi) is 3.26. The van der Waals surface area contributed by atoms with Crippen LogP contribution in [0.5, 0.6) is 23.0 Å². The summed E-state index contributed by atoms with van der Waals surface area (Å²) in [6.45, 7) is 0.411. The lowest BCUT2D eigenvalue weighted by Gasteiger charge is -2.27. The van der Waals surface area contributed by atoms with Crippen molar-refractivity contribution in [2.24, 2.45) is 0 Å². The molecule has 4 aromatic carbocycles. The molecule has 4 bridgehead atoms. The molecule has 28 heavy (non-hydrogen) atoms. The second-order valence-electron chi connectivity index (χ2n) is 6.81. The van der Waals surface area contributed by atoms with Gasteiger partial charge in [-0.3, -0.25) is 0 Å². The van der Waals surface area contributed by atoms with E-state index in [1.165, 1.54) is 10.8 Å². The van der Waals surface area contributed by atoms with Crippen LogP contribution in [-0.4, -0.2) is 13.6 Å². The molecule has 0 aliphatic carbocycles. The summed E-state index contributed by atoms with van der Waals surface area (Å²) in [6, 6.07) is 24.6. The van der Waals surface area contributed by atoms with Crippen LogP contribution in [0.15, 0.2) is 72.8 Å². The Morgan fingerprint density at radius 3 is 2.39 bits per heavy atom. The molecule has 0 amide bonds. The Hall–Kier alpha value is -3.66. The Bertz CT molecular complexity index is 1220. The van der Waals surface area contributed by atoms with E-state index in [4.69, 9.17) is 18.9 Å². The predicted molar refractivity (Wildman–Crippen MR) is 107 cm³/mol. The fraction of sp³-hybridized carbons (Fsp3) is 0.0833. The van der Waals surface area contributed by atoms with Gasteiger partial charge in [-0.1, -0.05) is 42.5 Å². The van der Waals surface area contributed by atoms with Crippen molar-refractivity contribution >= 4 is 10.8 Å². The number of benzene rings is 4. The highest BCUT2D eigenvalue weighted by atomic mass is 16.7. The quantitative estimate of drug-likeness (QED) is 0.459. The maximum absolute atomic E-state index is 6.04. The second kappa shape index (κ2) is 5.92. The average molecular weight is 368 g/mol. The van der Waals surface area contributed by atoms with Crippen LogP contribution in [0.25, 0.3) is 33.0 Å². The van der Waals surface area contributed by atoms with Crippen molar-refractivity contribution in [3.05, 3.63) is 72.8 Å². The molecule has 2 aliphatic heterocycles. The lowest BCUT2D eigenvalue weighted by Crippen LogP contribution is -2.15. The van der Waals surface area contributed by atoms with E-state index in [0.717, 1.165) is 45.3 Å². The van der Waals surface area contributed by atoms with E-state index >= 15 is 0 Å². The van der Waals surface area contributed by atoms with Crippen LogP contribution in [0.2, 0.25) is 0 Å². The third-order valence-corrected chi connectivity index (χ3v) is 5.28. The fourth-order valence-corrected chi connectivity index (χ4v) is 3.99. The fourth-order valence-electron chi connectivity index (χ4n) is 3.99. The Labute approximate surface area is 161 Å². The molecule has 4 heteroatoms. The van der Waals surface area contributed by atoms with E-state index in [9.17, 15) is 0 Å². The van der Waals surface area contributed by atoms with Crippen molar-refractivity contribution in [1.82, 2.24) is 0 Å². The molecular weight excluding hydrogens is 352 g/mol. The largest absolute Gasteiger partial charge is 0.457 e. The molecule has 2 heterocycles. The van der Waals surface area contributed by atoms with Gasteiger partial charge in [0.2, 0.25) is 13.6 Å². The third kappa shape index (κ3) is 2.24. The topological polar surface area (TPSA) is 36.9 Å². The van der Waals surface area contributed by atoms with Crippen LogP contribution in [0, 0.1) is 0 Å². The van der Waals surface area contributed by atoms with Gasteiger partial charge >= 0.3 is 0 Å². The zero-order chi connectivity index (χ0) is 18.5. The van der Waals surface area contributed by atoms with Crippen LogP contribution in [0.1, 0.15) is 0 Å². The SMILES string of the molecule is c1ccc2c(-c3ccc4c(-c5ccc6cc5OCO6)c3OCO4)cccc2c1. The van der Waals surface area contributed by atoms with Crippen LogP contribution < -0.4 is 18.9 Å². The van der Waals surface area contributed by atoms with Crippen molar-refractivity contribution in [3.63, 3.8) is 0 Å². The number of rotatable bonds is 2. The zero-order valence-corrected chi connectivity index (χ0v) is 15.0. The Balaban J connectivity index is 1.63. The molecule has 0 aromatic heterocycles. The number of hydrogen-bond acceptors (Lipinski definition) is 4. The second-order valence-corrected chi connectivity index (χ2v) is 6.81. The van der Waals surface area contributed by atoms with Crippen molar-refractivity contribution in [3.8, 4) is 45.3 Å². The zero-order valence-electron chi connectivity index (χ0n) is 15.0. The molecule has 0 unspecified atom stereocenters. The minimum Gasteiger partial charge on any atom is -0.457 e.